The first-order valence-corrected chi connectivity index (χ1v) is 9.45. The van der Waals surface area contributed by atoms with Crippen molar-refractivity contribution >= 4 is 23.4 Å². The van der Waals surface area contributed by atoms with Gasteiger partial charge in [-0.05, 0) is 42.8 Å². The maximum atomic E-state index is 14.4. The van der Waals surface area contributed by atoms with Gasteiger partial charge in [-0.15, -0.1) is 0 Å². The zero-order valence-electron chi connectivity index (χ0n) is 16.1. The number of carbonyl (C=O) groups is 3. The Labute approximate surface area is 171 Å². The van der Waals surface area contributed by atoms with Crippen LogP contribution < -0.4 is 5.32 Å². The number of carbonyl (C=O) groups excluding carboxylic acids is 3. The smallest absolute Gasteiger partial charge is 0.261 e. The second-order valence-corrected chi connectivity index (χ2v) is 6.84. The molecule has 1 aliphatic rings. The summed E-state index contributed by atoms with van der Waals surface area (Å²) in [5.74, 6) is -1.85. The quantitative estimate of drug-likeness (QED) is 0.634. The lowest BCUT2D eigenvalue weighted by molar-refractivity contribution is 0.0652. The van der Waals surface area contributed by atoms with E-state index in [2.05, 4.69) is 15.4 Å². The third-order valence-corrected chi connectivity index (χ3v) is 4.84. The van der Waals surface area contributed by atoms with Gasteiger partial charge in [0.05, 0.1) is 11.1 Å². The predicted octanol–water partition coefficient (Wildman–Crippen LogP) is 3.05. The number of benzene rings is 2. The second kappa shape index (κ2) is 7.86. The number of amides is 3. The molecule has 1 aliphatic heterocycles. The number of aromatic nitrogens is 3. The van der Waals surface area contributed by atoms with Gasteiger partial charge < -0.3 is 5.32 Å². The molecule has 1 N–H and O–H groups in total. The summed E-state index contributed by atoms with van der Waals surface area (Å²) in [6.45, 7) is 2.32. The molecule has 4 rings (SSSR count). The number of anilines is 1. The fourth-order valence-electron chi connectivity index (χ4n) is 3.26. The molecule has 9 heteroatoms. The van der Waals surface area contributed by atoms with Crippen LogP contribution in [0.15, 0.2) is 49.1 Å². The lowest BCUT2D eigenvalue weighted by atomic mass is 10.1. The summed E-state index contributed by atoms with van der Waals surface area (Å²) in [5, 5.41) is 6.47. The third-order valence-electron chi connectivity index (χ3n) is 4.84. The van der Waals surface area contributed by atoms with Gasteiger partial charge in [0.25, 0.3) is 17.7 Å². The van der Waals surface area contributed by atoms with Crippen LogP contribution in [0, 0.1) is 5.82 Å². The average molecular weight is 407 g/mol. The van der Waals surface area contributed by atoms with E-state index in [0.717, 1.165) is 12.8 Å². The van der Waals surface area contributed by atoms with Crippen molar-refractivity contribution in [2.75, 3.05) is 11.9 Å². The molecule has 3 amide bonds. The van der Waals surface area contributed by atoms with Crippen molar-refractivity contribution < 1.29 is 18.8 Å². The Hall–Kier alpha value is -3.88. The van der Waals surface area contributed by atoms with Gasteiger partial charge in [0.15, 0.2) is 5.82 Å². The molecule has 0 unspecified atom stereocenters. The van der Waals surface area contributed by atoms with Gasteiger partial charge in [0, 0.05) is 17.8 Å². The second-order valence-electron chi connectivity index (χ2n) is 6.84. The molecule has 152 valence electrons. The molecule has 0 saturated carbocycles. The zero-order valence-corrected chi connectivity index (χ0v) is 16.1. The van der Waals surface area contributed by atoms with E-state index in [4.69, 9.17) is 0 Å². The minimum Gasteiger partial charge on any atom is -0.322 e. The number of unbranched alkanes of at least 4 members (excludes halogenated alkanes) is 1. The van der Waals surface area contributed by atoms with Crippen molar-refractivity contribution in [3.8, 4) is 5.69 Å². The fourth-order valence-corrected chi connectivity index (χ4v) is 3.26. The molecule has 0 fully saturated rings. The van der Waals surface area contributed by atoms with Gasteiger partial charge in [-0.1, -0.05) is 13.3 Å². The highest BCUT2D eigenvalue weighted by Gasteiger charge is 2.35. The summed E-state index contributed by atoms with van der Waals surface area (Å²) in [6, 6.07) is 8.52. The molecule has 30 heavy (non-hydrogen) atoms. The number of hydrogen-bond acceptors (Lipinski definition) is 5. The SMILES string of the molecule is CCCCN1C(=O)c2ccc(C(=O)Nc3ccc(-n4cncn4)c(F)c3)cc2C1=O. The molecule has 0 atom stereocenters. The number of rotatable bonds is 6. The van der Waals surface area contributed by atoms with E-state index in [-0.39, 0.29) is 34.0 Å². The van der Waals surface area contributed by atoms with Crippen molar-refractivity contribution in [3.63, 3.8) is 0 Å². The molecule has 0 saturated heterocycles. The van der Waals surface area contributed by atoms with Crippen LogP contribution in [0.5, 0.6) is 0 Å². The van der Waals surface area contributed by atoms with E-state index in [1.165, 1.54) is 58.6 Å². The average Bonchev–Trinajstić information content (AvgIpc) is 3.34. The molecule has 0 spiro atoms. The number of imide groups is 1. The number of fused-ring (bicyclic) bond motifs is 1. The van der Waals surface area contributed by atoms with Crippen molar-refractivity contribution in [1.82, 2.24) is 19.7 Å². The van der Waals surface area contributed by atoms with Crippen LogP contribution in [0.1, 0.15) is 50.8 Å². The molecule has 3 aromatic rings. The van der Waals surface area contributed by atoms with E-state index in [9.17, 15) is 18.8 Å². The van der Waals surface area contributed by atoms with E-state index in [1.807, 2.05) is 6.92 Å². The predicted molar refractivity (Wildman–Crippen MR) is 106 cm³/mol. The molecular weight excluding hydrogens is 389 g/mol. The minimum atomic E-state index is -0.584. The molecule has 0 bridgehead atoms. The van der Waals surface area contributed by atoms with Crippen LogP contribution in [0.25, 0.3) is 5.69 Å². The molecule has 1 aromatic heterocycles. The summed E-state index contributed by atoms with van der Waals surface area (Å²) >= 11 is 0. The Morgan fingerprint density at radius 3 is 2.60 bits per heavy atom. The number of hydrogen-bond donors (Lipinski definition) is 1. The molecule has 2 heterocycles. The van der Waals surface area contributed by atoms with E-state index >= 15 is 0 Å². The van der Waals surface area contributed by atoms with Crippen molar-refractivity contribution in [3.05, 3.63) is 71.6 Å². The number of halogens is 1. The first kappa shape index (κ1) is 19.4. The molecule has 0 aliphatic carbocycles. The normalized spacial score (nSPS) is 12.9. The Morgan fingerprint density at radius 2 is 1.90 bits per heavy atom. The topological polar surface area (TPSA) is 97.2 Å². The lowest BCUT2D eigenvalue weighted by Crippen LogP contribution is -2.30. The number of nitrogens with one attached hydrogen (secondary N) is 1. The Bertz CT molecular complexity index is 1140. The maximum absolute atomic E-state index is 14.4. The van der Waals surface area contributed by atoms with E-state index < -0.39 is 17.6 Å². The maximum Gasteiger partial charge on any atom is 0.261 e. The molecule has 8 nitrogen and oxygen atoms in total. The number of nitrogens with zero attached hydrogens (tertiary/aromatic N) is 4. The van der Waals surface area contributed by atoms with Gasteiger partial charge in [-0.3, -0.25) is 19.3 Å². The minimum absolute atomic E-state index is 0.194. The highest BCUT2D eigenvalue weighted by Crippen LogP contribution is 2.25. The van der Waals surface area contributed by atoms with E-state index in [1.54, 1.807) is 0 Å². The fraction of sp³-hybridized carbons (Fsp3) is 0.190. The summed E-state index contributed by atoms with van der Waals surface area (Å²) < 4.78 is 15.6. The van der Waals surface area contributed by atoms with Gasteiger partial charge in [0.2, 0.25) is 0 Å². The van der Waals surface area contributed by atoms with E-state index in [0.29, 0.717) is 6.54 Å². The highest BCUT2D eigenvalue weighted by atomic mass is 19.1. The molecule has 2 aromatic carbocycles. The summed E-state index contributed by atoms with van der Waals surface area (Å²) in [5.41, 5.74) is 1.13. The van der Waals surface area contributed by atoms with Crippen LogP contribution in [0.4, 0.5) is 10.1 Å². The van der Waals surface area contributed by atoms with Crippen molar-refractivity contribution in [1.29, 1.82) is 0 Å². The first-order chi connectivity index (χ1) is 14.5. The van der Waals surface area contributed by atoms with Crippen LogP contribution >= 0.6 is 0 Å². The van der Waals surface area contributed by atoms with Crippen LogP contribution in [-0.4, -0.2) is 43.9 Å². The molecule has 0 radical (unpaired) electrons. The van der Waals surface area contributed by atoms with Crippen molar-refractivity contribution in [2.24, 2.45) is 0 Å². The Morgan fingerprint density at radius 1 is 1.10 bits per heavy atom. The Balaban J connectivity index is 1.53. The highest BCUT2D eigenvalue weighted by molar-refractivity contribution is 6.22. The van der Waals surface area contributed by atoms with Crippen LogP contribution in [-0.2, 0) is 0 Å². The van der Waals surface area contributed by atoms with Crippen LogP contribution in [0.3, 0.4) is 0 Å². The summed E-state index contributed by atoms with van der Waals surface area (Å²) in [6.07, 6.45) is 4.23. The summed E-state index contributed by atoms with van der Waals surface area (Å²) in [7, 11) is 0. The van der Waals surface area contributed by atoms with Gasteiger partial charge in [-0.2, -0.15) is 5.10 Å². The zero-order chi connectivity index (χ0) is 21.3. The third kappa shape index (κ3) is 3.45. The monoisotopic (exact) mass is 407 g/mol. The largest absolute Gasteiger partial charge is 0.322 e. The standard InChI is InChI=1S/C21H18FN5O3/c1-2-3-8-26-20(29)15-6-4-13(9-16(15)21(26)30)19(28)25-14-5-7-18(17(22)10-14)27-12-23-11-24-27/h4-7,9-12H,2-3,8H2,1H3,(H,25,28). The van der Waals surface area contributed by atoms with Crippen LogP contribution in [0.2, 0.25) is 0 Å². The summed E-state index contributed by atoms with van der Waals surface area (Å²) in [4.78, 5) is 42.5. The van der Waals surface area contributed by atoms with Crippen molar-refractivity contribution in [2.45, 2.75) is 19.8 Å². The lowest BCUT2D eigenvalue weighted by Gasteiger charge is -2.12. The Kier molecular flexibility index (Phi) is 5.09. The van der Waals surface area contributed by atoms with Gasteiger partial charge in [0.1, 0.15) is 18.3 Å². The van der Waals surface area contributed by atoms with Gasteiger partial charge in [-0.25, -0.2) is 14.1 Å². The van der Waals surface area contributed by atoms with Gasteiger partial charge >= 0.3 is 0 Å². The molecular formula is C21H18FN5O3. The first-order valence-electron chi connectivity index (χ1n) is 9.45.